The summed E-state index contributed by atoms with van der Waals surface area (Å²) < 4.78 is 0. The molecule has 2 nitrogen and oxygen atoms in total. The minimum absolute atomic E-state index is 0.792. The number of nitrogens with one attached hydrogen (secondary N) is 1. The predicted molar refractivity (Wildman–Crippen MR) is 77.8 cm³/mol. The van der Waals surface area contributed by atoms with Crippen molar-refractivity contribution in [2.45, 2.75) is 62.8 Å². The molecule has 2 fully saturated rings. The predicted octanol–water partition coefficient (Wildman–Crippen LogP) is 2.73. The number of hydrogen-bond donors (Lipinski definition) is 1. The molecule has 0 aromatic rings. The summed E-state index contributed by atoms with van der Waals surface area (Å²) in [4.78, 5) is 2.78. The second kappa shape index (κ2) is 7.01. The Balaban J connectivity index is 1.74. The van der Waals surface area contributed by atoms with Crippen molar-refractivity contribution in [3.8, 4) is 0 Å². The van der Waals surface area contributed by atoms with Crippen LogP contribution >= 0.6 is 11.8 Å². The third-order valence-electron chi connectivity index (χ3n) is 4.40. The summed E-state index contributed by atoms with van der Waals surface area (Å²) in [6, 6.07) is 1.68. The zero-order chi connectivity index (χ0) is 12.1. The summed E-state index contributed by atoms with van der Waals surface area (Å²) in [5.74, 6) is 0. The van der Waals surface area contributed by atoms with Crippen LogP contribution in [0.25, 0.3) is 0 Å². The lowest BCUT2D eigenvalue weighted by Crippen LogP contribution is -2.48. The van der Waals surface area contributed by atoms with Crippen LogP contribution in [0.15, 0.2) is 0 Å². The van der Waals surface area contributed by atoms with Crippen LogP contribution in [0.4, 0.5) is 0 Å². The average molecular weight is 256 g/mol. The first-order valence-corrected chi connectivity index (χ1v) is 8.64. The fraction of sp³-hybridized carbons (Fsp3) is 1.00. The van der Waals surface area contributed by atoms with Gasteiger partial charge in [-0.2, -0.15) is 11.8 Å². The quantitative estimate of drug-likeness (QED) is 0.814. The fourth-order valence-electron chi connectivity index (χ4n) is 3.38. The highest BCUT2D eigenvalue weighted by atomic mass is 32.2. The van der Waals surface area contributed by atoms with Crippen LogP contribution in [0.1, 0.15) is 45.4 Å². The summed E-state index contributed by atoms with van der Waals surface area (Å²) in [7, 11) is 0. The smallest absolute Gasteiger partial charge is 0.0214 e. The maximum absolute atomic E-state index is 3.68. The van der Waals surface area contributed by atoms with Gasteiger partial charge in [0.1, 0.15) is 0 Å². The molecule has 1 saturated heterocycles. The number of likely N-dealkylation sites (tertiary alicyclic amines) is 1. The first-order valence-electron chi connectivity index (χ1n) is 7.35. The zero-order valence-electron chi connectivity index (χ0n) is 11.5. The van der Waals surface area contributed by atoms with Gasteiger partial charge in [0, 0.05) is 17.3 Å². The SMILES string of the molecule is CCCNC1CCN(C2CCCC2SC)CC1. The van der Waals surface area contributed by atoms with Gasteiger partial charge in [0.25, 0.3) is 0 Å². The van der Waals surface area contributed by atoms with Crippen molar-refractivity contribution in [2.75, 3.05) is 25.9 Å². The third-order valence-corrected chi connectivity index (χ3v) is 5.56. The van der Waals surface area contributed by atoms with Crippen LogP contribution < -0.4 is 5.32 Å². The van der Waals surface area contributed by atoms with Gasteiger partial charge in [-0.3, -0.25) is 4.90 Å². The Bertz CT molecular complexity index is 214. The Morgan fingerprint density at radius 3 is 2.59 bits per heavy atom. The minimum atomic E-state index is 0.792. The van der Waals surface area contributed by atoms with Gasteiger partial charge in [-0.05, 0) is 58.0 Å². The molecule has 1 saturated carbocycles. The van der Waals surface area contributed by atoms with E-state index in [-0.39, 0.29) is 0 Å². The van der Waals surface area contributed by atoms with Crippen molar-refractivity contribution in [3.05, 3.63) is 0 Å². The Morgan fingerprint density at radius 2 is 1.94 bits per heavy atom. The highest BCUT2D eigenvalue weighted by Gasteiger charge is 2.33. The fourth-order valence-corrected chi connectivity index (χ4v) is 4.41. The third kappa shape index (κ3) is 3.62. The Hall–Kier alpha value is 0.270. The summed E-state index contributed by atoms with van der Waals surface area (Å²) in [5, 5.41) is 4.59. The van der Waals surface area contributed by atoms with E-state index in [1.807, 2.05) is 0 Å². The number of thioether (sulfide) groups is 1. The van der Waals surface area contributed by atoms with E-state index in [9.17, 15) is 0 Å². The molecule has 2 atom stereocenters. The Morgan fingerprint density at radius 1 is 1.18 bits per heavy atom. The molecule has 1 N–H and O–H groups in total. The molecule has 3 heteroatoms. The van der Waals surface area contributed by atoms with Gasteiger partial charge < -0.3 is 5.32 Å². The van der Waals surface area contributed by atoms with Crippen LogP contribution in [-0.4, -0.2) is 48.1 Å². The van der Waals surface area contributed by atoms with E-state index in [0.29, 0.717) is 0 Å². The highest BCUT2D eigenvalue weighted by molar-refractivity contribution is 7.99. The largest absolute Gasteiger partial charge is 0.314 e. The topological polar surface area (TPSA) is 15.3 Å². The molecule has 100 valence electrons. The van der Waals surface area contributed by atoms with E-state index < -0.39 is 0 Å². The van der Waals surface area contributed by atoms with Crippen LogP contribution in [0, 0.1) is 0 Å². The van der Waals surface area contributed by atoms with Gasteiger partial charge >= 0.3 is 0 Å². The normalized spacial score (nSPS) is 32.1. The van der Waals surface area contributed by atoms with Crippen LogP contribution in [0.5, 0.6) is 0 Å². The van der Waals surface area contributed by atoms with Crippen molar-refractivity contribution in [1.29, 1.82) is 0 Å². The van der Waals surface area contributed by atoms with Crippen molar-refractivity contribution in [2.24, 2.45) is 0 Å². The number of piperidine rings is 1. The Labute approximate surface area is 111 Å². The Kier molecular flexibility index (Phi) is 5.64. The average Bonchev–Trinajstić information content (AvgIpc) is 2.85. The molecule has 0 spiro atoms. The van der Waals surface area contributed by atoms with Gasteiger partial charge in [-0.1, -0.05) is 13.3 Å². The molecule has 17 heavy (non-hydrogen) atoms. The molecule has 1 aliphatic heterocycles. The maximum Gasteiger partial charge on any atom is 0.0214 e. The minimum Gasteiger partial charge on any atom is -0.314 e. The van der Waals surface area contributed by atoms with E-state index in [0.717, 1.165) is 17.3 Å². The van der Waals surface area contributed by atoms with Gasteiger partial charge in [0.15, 0.2) is 0 Å². The van der Waals surface area contributed by atoms with Crippen molar-refractivity contribution >= 4 is 11.8 Å². The first kappa shape index (κ1) is 13.7. The monoisotopic (exact) mass is 256 g/mol. The van der Waals surface area contributed by atoms with Crippen molar-refractivity contribution in [3.63, 3.8) is 0 Å². The lowest BCUT2D eigenvalue weighted by molar-refractivity contribution is 0.148. The van der Waals surface area contributed by atoms with Gasteiger partial charge in [0.05, 0.1) is 0 Å². The molecule has 0 amide bonds. The molecule has 0 aromatic carbocycles. The maximum atomic E-state index is 3.68. The summed E-state index contributed by atoms with van der Waals surface area (Å²) in [6.07, 6.45) is 10.6. The van der Waals surface area contributed by atoms with E-state index in [1.54, 1.807) is 0 Å². The zero-order valence-corrected chi connectivity index (χ0v) is 12.3. The molecule has 0 radical (unpaired) electrons. The summed E-state index contributed by atoms with van der Waals surface area (Å²) in [5.41, 5.74) is 0. The molecule has 0 bridgehead atoms. The molecule has 1 aliphatic carbocycles. The number of nitrogens with zero attached hydrogens (tertiary/aromatic N) is 1. The molecule has 2 aliphatic rings. The standard InChI is InChI=1S/C14H28N2S/c1-3-9-15-12-7-10-16(11-8-12)13-5-4-6-14(13)17-2/h12-15H,3-11H2,1-2H3. The van der Waals surface area contributed by atoms with E-state index in [4.69, 9.17) is 0 Å². The van der Waals surface area contributed by atoms with Gasteiger partial charge in [-0.15, -0.1) is 0 Å². The molecule has 2 rings (SSSR count). The number of hydrogen-bond acceptors (Lipinski definition) is 3. The van der Waals surface area contributed by atoms with Gasteiger partial charge in [0.2, 0.25) is 0 Å². The lowest BCUT2D eigenvalue weighted by Gasteiger charge is -2.38. The van der Waals surface area contributed by atoms with E-state index in [1.165, 1.54) is 58.2 Å². The van der Waals surface area contributed by atoms with E-state index in [2.05, 4.69) is 35.2 Å². The second-order valence-electron chi connectivity index (χ2n) is 5.54. The molecule has 0 aromatic heterocycles. The van der Waals surface area contributed by atoms with Crippen LogP contribution in [0.2, 0.25) is 0 Å². The molecule has 2 unspecified atom stereocenters. The molecular formula is C14H28N2S. The number of rotatable bonds is 5. The van der Waals surface area contributed by atoms with Crippen LogP contribution in [0.3, 0.4) is 0 Å². The van der Waals surface area contributed by atoms with Crippen LogP contribution in [-0.2, 0) is 0 Å². The second-order valence-corrected chi connectivity index (χ2v) is 6.61. The summed E-state index contributed by atoms with van der Waals surface area (Å²) in [6.45, 7) is 6.09. The highest BCUT2D eigenvalue weighted by Crippen LogP contribution is 2.33. The van der Waals surface area contributed by atoms with E-state index >= 15 is 0 Å². The molecular weight excluding hydrogens is 228 g/mol. The lowest BCUT2D eigenvalue weighted by atomic mass is 10.0. The molecule has 1 heterocycles. The van der Waals surface area contributed by atoms with Crippen molar-refractivity contribution < 1.29 is 0 Å². The first-order chi connectivity index (χ1) is 8.35. The van der Waals surface area contributed by atoms with Crippen molar-refractivity contribution in [1.82, 2.24) is 10.2 Å². The summed E-state index contributed by atoms with van der Waals surface area (Å²) >= 11 is 2.09. The van der Waals surface area contributed by atoms with Gasteiger partial charge in [-0.25, -0.2) is 0 Å².